The minimum absolute atomic E-state index is 0.0325. The van der Waals surface area contributed by atoms with Crippen molar-refractivity contribution >= 4 is 34.5 Å². The van der Waals surface area contributed by atoms with Crippen LogP contribution in [-0.2, 0) is 11.3 Å². The molecule has 1 fully saturated rings. The molecule has 0 saturated heterocycles. The van der Waals surface area contributed by atoms with Crippen molar-refractivity contribution in [3.05, 3.63) is 65.5 Å². The molecule has 0 unspecified atom stereocenters. The van der Waals surface area contributed by atoms with E-state index < -0.39 is 0 Å². The quantitative estimate of drug-likeness (QED) is 0.674. The van der Waals surface area contributed by atoms with Crippen molar-refractivity contribution in [2.24, 2.45) is 17.3 Å². The van der Waals surface area contributed by atoms with Crippen molar-refractivity contribution < 1.29 is 4.79 Å². The van der Waals surface area contributed by atoms with Crippen LogP contribution in [0.2, 0.25) is 0 Å². The van der Waals surface area contributed by atoms with Crippen molar-refractivity contribution in [1.29, 1.82) is 0 Å². The zero-order valence-corrected chi connectivity index (χ0v) is 16.8. The van der Waals surface area contributed by atoms with Gasteiger partial charge in [0.25, 0.3) is 0 Å². The molecule has 0 aliphatic heterocycles. The number of nitrogen functional groups attached to an aromatic ring is 1. The number of ketones is 1. The smallest absolute Gasteiger partial charge is 0.171 e. The van der Waals surface area contributed by atoms with Gasteiger partial charge in [0.2, 0.25) is 0 Å². The van der Waals surface area contributed by atoms with Crippen molar-refractivity contribution in [3.63, 3.8) is 0 Å². The molecule has 1 heterocycles. The summed E-state index contributed by atoms with van der Waals surface area (Å²) in [6, 6.07) is 13.5. The second-order valence-electron chi connectivity index (χ2n) is 8.08. The number of anilines is 2. The number of aromatic nitrogens is 1. The molecule has 0 radical (unpaired) electrons. The van der Waals surface area contributed by atoms with Crippen LogP contribution in [0, 0.1) is 17.3 Å². The van der Waals surface area contributed by atoms with Gasteiger partial charge in [-0.25, -0.2) is 4.98 Å². The van der Waals surface area contributed by atoms with Gasteiger partial charge in [-0.1, -0.05) is 44.3 Å². The molecule has 2 bridgehead atoms. The fourth-order valence-electron chi connectivity index (χ4n) is 4.30. The molecule has 2 aromatic rings. The monoisotopic (exact) mass is 392 g/mol. The van der Waals surface area contributed by atoms with Crippen LogP contribution in [0.1, 0.15) is 25.8 Å². The van der Waals surface area contributed by atoms with Gasteiger partial charge in [0.15, 0.2) is 5.78 Å². The Morgan fingerprint density at radius 3 is 2.68 bits per heavy atom. The van der Waals surface area contributed by atoms with Crippen LogP contribution in [-0.4, -0.2) is 15.8 Å². The number of hydrogen-bond acceptors (Lipinski definition) is 5. The summed E-state index contributed by atoms with van der Waals surface area (Å²) in [5.74, 6) is 0.946. The molecule has 5 nitrogen and oxygen atoms in total. The van der Waals surface area contributed by atoms with Crippen LogP contribution in [0.25, 0.3) is 0 Å². The van der Waals surface area contributed by atoms with Gasteiger partial charge < -0.3 is 16.4 Å². The van der Waals surface area contributed by atoms with Crippen LogP contribution >= 0.6 is 12.2 Å². The average molecular weight is 393 g/mol. The number of para-hydroxylation sites is 1. The topological polar surface area (TPSA) is 80.0 Å². The third-order valence-electron chi connectivity index (χ3n) is 6.04. The van der Waals surface area contributed by atoms with Crippen LogP contribution in [0.3, 0.4) is 0 Å². The van der Waals surface area contributed by atoms with Gasteiger partial charge in [-0.2, -0.15) is 0 Å². The number of pyridine rings is 1. The predicted molar refractivity (Wildman–Crippen MR) is 116 cm³/mol. The number of fused-ring (bicyclic) bond motifs is 1. The number of rotatable bonds is 5. The number of carbonyl (C=O) groups excluding carboxylic acids is 1. The SMILES string of the molecule is CC1(C)[C@@H]2C[C@H]1C(=O)C(C(=S)Nc1ccccc1)=C2NCc1ccnc(N)c1. The van der Waals surface area contributed by atoms with E-state index in [1.165, 1.54) is 0 Å². The first-order chi connectivity index (χ1) is 13.4. The first kappa shape index (κ1) is 18.6. The Morgan fingerprint density at radius 1 is 1.25 bits per heavy atom. The molecule has 0 amide bonds. The van der Waals surface area contributed by atoms with E-state index in [-0.39, 0.29) is 17.1 Å². The van der Waals surface area contributed by atoms with Gasteiger partial charge in [-0.05, 0) is 41.7 Å². The van der Waals surface area contributed by atoms with E-state index in [1.54, 1.807) is 6.20 Å². The van der Waals surface area contributed by atoms with E-state index in [4.69, 9.17) is 18.0 Å². The first-order valence-corrected chi connectivity index (χ1v) is 9.88. The lowest BCUT2D eigenvalue weighted by atomic mass is 9.48. The Morgan fingerprint density at radius 2 is 2.00 bits per heavy atom. The standard InChI is InChI=1S/C22H24N4OS/c1-22(2)15-11-16(22)20(27)18(21(28)26-14-6-4-3-5-7-14)19(15)25-12-13-8-9-24-17(23)10-13/h3-10,15-16,25H,11-12H2,1-2H3,(H2,23,24)(H,26,28)/t15-,16+/m1/s1. The summed E-state index contributed by atoms with van der Waals surface area (Å²) in [5, 5.41) is 6.73. The maximum Gasteiger partial charge on any atom is 0.171 e. The van der Waals surface area contributed by atoms with E-state index in [0.29, 0.717) is 28.8 Å². The van der Waals surface area contributed by atoms with Crippen LogP contribution in [0.5, 0.6) is 0 Å². The maximum atomic E-state index is 13.2. The molecule has 1 aromatic carbocycles. The number of nitrogens with zero attached hydrogens (tertiary/aromatic N) is 1. The highest BCUT2D eigenvalue weighted by molar-refractivity contribution is 7.81. The molecule has 3 aliphatic carbocycles. The average Bonchev–Trinajstić information content (AvgIpc) is 2.66. The molecule has 144 valence electrons. The van der Waals surface area contributed by atoms with Gasteiger partial charge in [-0.3, -0.25) is 4.79 Å². The van der Waals surface area contributed by atoms with Crippen molar-refractivity contribution in [1.82, 2.24) is 10.3 Å². The highest BCUT2D eigenvalue weighted by atomic mass is 32.1. The molecule has 1 aromatic heterocycles. The largest absolute Gasteiger partial charge is 0.384 e. The summed E-state index contributed by atoms with van der Waals surface area (Å²) in [6.07, 6.45) is 2.57. The van der Waals surface area contributed by atoms with Gasteiger partial charge in [0.05, 0.1) is 5.57 Å². The Bertz CT molecular complexity index is 968. The summed E-state index contributed by atoms with van der Waals surface area (Å²) >= 11 is 5.65. The summed E-state index contributed by atoms with van der Waals surface area (Å²) in [4.78, 5) is 17.8. The molecule has 28 heavy (non-hydrogen) atoms. The lowest BCUT2D eigenvalue weighted by Gasteiger charge is -2.56. The second-order valence-corrected chi connectivity index (χ2v) is 8.49. The predicted octanol–water partition coefficient (Wildman–Crippen LogP) is 3.69. The number of nitrogens with one attached hydrogen (secondary N) is 2. The third-order valence-corrected chi connectivity index (χ3v) is 6.34. The highest BCUT2D eigenvalue weighted by Crippen LogP contribution is 2.59. The molecule has 6 heteroatoms. The van der Waals surface area contributed by atoms with E-state index in [9.17, 15) is 4.79 Å². The maximum absolute atomic E-state index is 13.2. The molecule has 1 saturated carbocycles. The number of carbonyl (C=O) groups is 1. The lowest BCUT2D eigenvalue weighted by molar-refractivity contribution is -0.135. The number of allylic oxidation sites excluding steroid dienone is 1. The Balaban J connectivity index is 1.64. The summed E-state index contributed by atoms with van der Waals surface area (Å²) in [6.45, 7) is 4.91. The minimum Gasteiger partial charge on any atom is -0.384 e. The van der Waals surface area contributed by atoms with E-state index in [2.05, 4.69) is 29.5 Å². The fourth-order valence-corrected chi connectivity index (χ4v) is 4.63. The molecule has 3 aliphatic rings. The zero-order chi connectivity index (χ0) is 19.9. The van der Waals surface area contributed by atoms with Crippen molar-refractivity contribution in [3.8, 4) is 0 Å². The second kappa shape index (κ2) is 7.02. The number of thiocarbonyl (C=S) groups is 1. The molecule has 2 atom stereocenters. The lowest BCUT2D eigenvalue weighted by Crippen LogP contribution is -2.57. The Hall–Kier alpha value is -2.73. The van der Waals surface area contributed by atoms with E-state index in [1.807, 2.05) is 42.5 Å². The summed E-state index contributed by atoms with van der Waals surface area (Å²) in [5.41, 5.74) is 9.22. The molecule has 5 rings (SSSR count). The molecule has 0 spiro atoms. The molecular formula is C22H24N4OS. The van der Waals surface area contributed by atoms with Gasteiger partial charge in [0, 0.05) is 36.0 Å². The number of benzene rings is 1. The first-order valence-electron chi connectivity index (χ1n) is 9.47. The fraction of sp³-hybridized carbons (Fsp3) is 0.318. The minimum atomic E-state index is -0.0530. The van der Waals surface area contributed by atoms with Crippen LogP contribution < -0.4 is 16.4 Å². The van der Waals surface area contributed by atoms with Crippen LogP contribution in [0.4, 0.5) is 11.5 Å². The Labute approximate surface area is 170 Å². The normalized spacial score (nSPS) is 22.4. The van der Waals surface area contributed by atoms with Crippen molar-refractivity contribution in [2.75, 3.05) is 11.1 Å². The summed E-state index contributed by atoms with van der Waals surface area (Å²) in [7, 11) is 0. The molecular weight excluding hydrogens is 368 g/mol. The van der Waals surface area contributed by atoms with Gasteiger partial charge >= 0.3 is 0 Å². The van der Waals surface area contributed by atoms with Gasteiger partial charge in [0.1, 0.15) is 10.8 Å². The number of hydrogen-bond donors (Lipinski definition) is 3. The van der Waals surface area contributed by atoms with Gasteiger partial charge in [-0.15, -0.1) is 0 Å². The van der Waals surface area contributed by atoms with Crippen molar-refractivity contribution in [2.45, 2.75) is 26.8 Å². The molecule has 4 N–H and O–H groups in total. The number of Topliss-reactive ketones (excluding diaryl/α,β-unsaturated/α-hetero) is 1. The summed E-state index contributed by atoms with van der Waals surface area (Å²) < 4.78 is 0. The highest BCUT2D eigenvalue weighted by Gasteiger charge is 2.58. The Kier molecular flexibility index (Phi) is 4.67. The van der Waals surface area contributed by atoms with E-state index >= 15 is 0 Å². The zero-order valence-electron chi connectivity index (χ0n) is 16.0. The number of nitrogens with two attached hydrogens (primary N) is 1. The third kappa shape index (κ3) is 3.18. The van der Waals surface area contributed by atoms with E-state index in [0.717, 1.165) is 23.4 Å². The van der Waals surface area contributed by atoms with Crippen LogP contribution in [0.15, 0.2) is 59.9 Å².